The average Bonchev–Trinajstić information content (AvgIpc) is 2.93. The molecule has 0 heteroatoms. The Kier molecular flexibility index (Phi) is 1.54. The van der Waals surface area contributed by atoms with Crippen molar-refractivity contribution in [1.82, 2.24) is 0 Å². The van der Waals surface area contributed by atoms with Crippen molar-refractivity contribution >= 4 is 44.5 Å². The van der Waals surface area contributed by atoms with Crippen molar-refractivity contribution in [3.63, 3.8) is 0 Å². The van der Waals surface area contributed by atoms with E-state index in [9.17, 15) is 0 Å². The minimum absolute atomic E-state index is 0.451. The SMILES string of the molecule is C1=CC2C=c3ccc4cccc5c6cccc1c6c2c3c45. The van der Waals surface area contributed by atoms with Crippen LogP contribution in [0.15, 0.2) is 54.6 Å². The summed E-state index contributed by atoms with van der Waals surface area (Å²) < 4.78 is 0. The lowest BCUT2D eigenvalue weighted by Gasteiger charge is -2.20. The maximum atomic E-state index is 2.42. The van der Waals surface area contributed by atoms with E-state index in [1.54, 1.807) is 0 Å². The van der Waals surface area contributed by atoms with Crippen molar-refractivity contribution in [1.29, 1.82) is 0 Å². The van der Waals surface area contributed by atoms with E-state index < -0.39 is 0 Å². The standard InChI is InChI=1S/C21H12/c1-3-12-7-9-14-11-15-10-8-13-4-2-6-17-16(5-1)18(12)20(14)21(15)19(13)17/h1-11,14H. The molecule has 0 amide bonds. The van der Waals surface area contributed by atoms with Gasteiger partial charge in [-0.1, -0.05) is 66.8 Å². The summed E-state index contributed by atoms with van der Waals surface area (Å²) >= 11 is 0. The maximum absolute atomic E-state index is 2.42. The topological polar surface area (TPSA) is 0 Å². The predicted octanol–water partition coefficient (Wildman–Crippen LogP) is 4.77. The van der Waals surface area contributed by atoms with Crippen molar-refractivity contribution in [2.45, 2.75) is 5.92 Å². The Bertz CT molecular complexity index is 1180. The van der Waals surface area contributed by atoms with Gasteiger partial charge in [-0.05, 0) is 48.7 Å². The molecule has 6 rings (SSSR count). The fourth-order valence-corrected chi connectivity index (χ4v) is 4.38. The molecular formula is C21H12. The molecule has 2 aliphatic carbocycles. The highest BCUT2D eigenvalue weighted by Crippen LogP contribution is 2.45. The minimum Gasteiger partial charge on any atom is -0.0726 e. The number of fused-ring (bicyclic) bond motifs is 1. The Morgan fingerprint density at radius 2 is 1.57 bits per heavy atom. The van der Waals surface area contributed by atoms with Gasteiger partial charge >= 0.3 is 0 Å². The molecule has 0 fully saturated rings. The summed E-state index contributed by atoms with van der Waals surface area (Å²) in [7, 11) is 0. The number of rotatable bonds is 0. The smallest absolute Gasteiger partial charge is 0.0223 e. The van der Waals surface area contributed by atoms with Crippen LogP contribution in [0.5, 0.6) is 0 Å². The molecule has 0 saturated carbocycles. The van der Waals surface area contributed by atoms with E-state index >= 15 is 0 Å². The third-order valence-electron chi connectivity index (χ3n) is 5.18. The maximum Gasteiger partial charge on any atom is 0.0223 e. The summed E-state index contributed by atoms with van der Waals surface area (Å²) in [5.41, 5.74) is 2.90. The predicted molar refractivity (Wildman–Crippen MR) is 90.4 cm³/mol. The summed E-state index contributed by atoms with van der Waals surface area (Å²) in [6.45, 7) is 0. The van der Waals surface area contributed by atoms with E-state index in [2.05, 4.69) is 66.8 Å². The highest BCUT2D eigenvalue weighted by molar-refractivity contribution is 6.26. The van der Waals surface area contributed by atoms with Gasteiger partial charge in [0.2, 0.25) is 0 Å². The van der Waals surface area contributed by atoms with Crippen LogP contribution in [0, 0.1) is 0 Å². The lowest BCUT2D eigenvalue weighted by molar-refractivity contribution is 1.20. The second-order valence-electron chi connectivity index (χ2n) is 6.17. The number of hydrogen-bond acceptors (Lipinski definition) is 0. The molecule has 2 aliphatic rings. The Morgan fingerprint density at radius 1 is 0.714 bits per heavy atom. The first-order chi connectivity index (χ1) is 10.4. The average molecular weight is 264 g/mol. The molecule has 0 nitrogen and oxygen atoms in total. The largest absolute Gasteiger partial charge is 0.0726 e. The van der Waals surface area contributed by atoms with E-state index in [1.165, 1.54) is 48.7 Å². The molecule has 0 saturated heterocycles. The van der Waals surface area contributed by atoms with Gasteiger partial charge in [0.1, 0.15) is 0 Å². The monoisotopic (exact) mass is 264 g/mol. The van der Waals surface area contributed by atoms with Crippen molar-refractivity contribution in [3.8, 4) is 0 Å². The molecule has 4 aromatic rings. The Balaban J connectivity index is 2.14. The molecule has 0 N–H and O–H groups in total. The van der Waals surface area contributed by atoms with Crippen molar-refractivity contribution < 1.29 is 0 Å². The molecular weight excluding hydrogens is 252 g/mol. The first-order valence-corrected chi connectivity index (χ1v) is 7.51. The first-order valence-electron chi connectivity index (χ1n) is 7.51. The normalized spacial score (nSPS) is 18.2. The molecule has 0 radical (unpaired) electrons. The lowest BCUT2D eigenvalue weighted by Crippen LogP contribution is -2.00. The molecule has 1 atom stereocenters. The van der Waals surface area contributed by atoms with Gasteiger partial charge in [0, 0.05) is 5.92 Å². The molecule has 0 spiro atoms. The quantitative estimate of drug-likeness (QED) is 0.317. The van der Waals surface area contributed by atoms with Gasteiger partial charge in [0.05, 0.1) is 0 Å². The highest BCUT2D eigenvalue weighted by atomic mass is 14.3. The Labute approximate surface area is 122 Å². The molecule has 0 bridgehead atoms. The van der Waals surface area contributed by atoms with Gasteiger partial charge in [-0.3, -0.25) is 0 Å². The van der Waals surface area contributed by atoms with E-state index in [0.717, 1.165) is 0 Å². The molecule has 0 heterocycles. The van der Waals surface area contributed by atoms with Crippen molar-refractivity contribution in [3.05, 3.63) is 71.0 Å². The van der Waals surface area contributed by atoms with Crippen LogP contribution in [0.1, 0.15) is 17.0 Å². The molecule has 1 unspecified atom stereocenters. The summed E-state index contributed by atoms with van der Waals surface area (Å²) in [5.74, 6) is 0.451. The van der Waals surface area contributed by atoms with E-state index in [-0.39, 0.29) is 0 Å². The molecule has 96 valence electrons. The van der Waals surface area contributed by atoms with E-state index in [1.807, 2.05) is 0 Å². The van der Waals surface area contributed by atoms with Gasteiger partial charge in [0.15, 0.2) is 0 Å². The minimum atomic E-state index is 0.451. The fourth-order valence-electron chi connectivity index (χ4n) is 4.38. The van der Waals surface area contributed by atoms with Crippen LogP contribution in [0.3, 0.4) is 0 Å². The van der Waals surface area contributed by atoms with Gasteiger partial charge in [-0.15, -0.1) is 0 Å². The zero-order valence-corrected chi connectivity index (χ0v) is 11.4. The summed E-state index contributed by atoms with van der Waals surface area (Å²) in [5, 5.41) is 9.96. The van der Waals surface area contributed by atoms with Gasteiger partial charge < -0.3 is 0 Å². The van der Waals surface area contributed by atoms with E-state index in [4.69, 9.17) is 0 Å². The van der Waals surface area contributed by atoms with Crippen molar-refractivity contribution in [2.24, 2.45) is 0 Å². The van der Waals surface area contributed by atoms with Crippen LogP contribution in [0.2, 0.25) is 0 Å². The molecule has 0 aliphatic heterocycles. The van der Waals surface area contributed by atoms with Crippen molar-refractivity contribution in [2.75, 3.05) is 0 Å². The highest BCUT2D eigenvalue weighted by Gasteiger charge is 2.25. The van der Waals surface area contributed by atoms with Crippen LogP contribution >= 0.6 is 0 Å². The zero-order valence-electron chi connectivity index (χ0n) is 11.4. The first kappa shape index (κ1) is 10.2. The van der Waals surface area contributed by atoms with Gasteiger partial charge in [-0.2, -0.15) is 0 Å². The lowest BCUT2D eigenvalue weighted by atomic mass is 9.83. The number of allylic oxidation sites excluding steroid dienone is 1. The second-order valence-corrected chi connectivity index (χ2v) is 6.17. The molecule has 4 aromatic carbocycles. The van der Waals surface area contributed by atoms with Gasteiger partial charge in [0.25, 0.3) is 0 Å². The van der Waals surface area contributed by atoms with Crippen LogP contribution in [-0.4, -0.2) is 0 Å². The summed E-state index contributed by atoms with van der Waals surface area (Å²) in [6.07, 6.45) is 7.06. The van der Waals surface area contributed by atoms with E-state index in [0.29, 0.717) is 5.92 Å². The molecule has 21 heavy (non-hydrogen) atoms. The Hall–Kier alpha value is -2.60. The fraction of sp³-hybridized carbons (Fsp3) is 0.0476. The van der Waals surface area contributed by atoms with Crippen LogP contribution < -0.4 is 5.22 Å². The van der Waals surface area contributed by atoms with Crippen LogP contribution in [0.4, 0.5) is 0 Å². The van der Waals surface area contributed by atoms with Crippen LogP contribution in [-0.2, 0) is 0 Å². The zero-order chi connectivity index (χ0) is 13.6. The number of hydrogen-bond donors (Lipinski definition) is 0. The second kappa shape index (κ2) is 3.17. The third-order valence-corrected chi connectivity index (χ3v) is 5.18. The molecule has 0 aromatic heterocycles. The Morgan fingerprint density at radius 3 is 2.52 bits per heavy atom. The summed E-state index contributed by atoms with van der Waals surface area (Å²) in [4.78, 5) is 0. The van der Waals surface area contributed by atoms with Crippen LogP contribution in [0.25, 0.3) is 44.5 Å². The third kappa shape index (κ3) is 1.03. The number of benzene rings is 4. The summed E-state index contributed by atoms with van der Waals surface area (Å²) in [6, 6.07) is 18.0. The van der Waals surface area contributed by atoms with Gasteiger partial charge in [-0.25, -0.2) is 0 Å².